The zero-order valence-electron chi connectivity index (χ0n) is 11.4. The second-order valence-electron chi connectivity index (χ2n) is 4.76. The van der Waals surface area contributed by atoms with Crippen LogP contribution in [0, 0.1) is 0 Å². The van der Waals surface area contributed by atoms with Crippen molar-refractivity contribution in [2.75, 3.05) is 26.2 Å². The Morgan fingerprint density at radius 2 is 2.15 bits per heavy atom. The Morgan fingerprint density at radius 3 is 2.65 bits per heavy atom. The highest BCUT2D eigenvalue weighted by Gasteiger charge is 2.32. The molecule has 0 spiro atoms. The van der Waals surface area contributed by atoms with Crippen LogP contribution < -0.4 is 0 Å². The van der Waals surface area contributed by atoms with Gasteiger partial charge in [-0.1, -0.05) is 6.92 Å². The molecule has 1 N–H and O–H groups in total. The van der Waals surface area contributed by atoms with E-state index in [2.05, 4.69) is 11.8 Å². The van der Waals surface area contributed by atoms with Crippen LogP contribution in [0.2, 0.25) is 0 Å². The van der Waals surface area contributed by atoms with Crippen LogP contribution in [-0.2, 0) is 10.0 Å². The number of thiophene rings is 1. The molecule has 0 aliphatic carbocycles. The smallest absolute Gasteiger partial charge is 0.345 e. The van der Waals surface area contributed by atoms with Crippen LogP contribution in [0.4, 0.5) is 0 Å². The zero-order chi connectivity index (χ0) is 14.9. The van der Waals surface area contributed by atoms with Gasteiger partial charge in [-0.2, -0.15) is 4.31 Å². The van der Waals surface area contributed by atoms with Crippen LogP contribution in [0.15, 0.2) is 16.3 Å². The lowest BCUT2D eigenvalue weighted by molar-refractivity contribution is 0.0702. The Bertz CT molecular complexity index is 596. The first-order valence-electron chi connectivity index (χ1n) is 6.43. The number of aromatic carboxylic acids is 1. The third kappa shape index (κ3) is 2.88. The third-order valence-electron chi connectivity index (χ3n) is 3.52. The maximum absolute atomic E-state index is 12.5. The van der Waals surface area contributed by atoms with Crippen LogP contribution in [0.3, 0.4) is 0 Å². The van der Waals surface area contributed by atoms with Gasteiger partial charge in [-0.15, -0.1) is 11.3 Å². The number of carboxylic acids is 1. The lowest BCUT2D eigenvalue weighted by atomic mass is 10.2. The monoisotopic (exact) mass is 318 g/mol. The van der Waals surface area contributed by atoms with Gasteiger partial charge in [-0.05, 0) is 25.6 Å². The van der Waals surface area contributed by atoms with Crippen molar-refractivity contribution in [3.63, 3.8) is 0 Å². The summed E-state index contributed by atoms with van der Waals surface area (Å²) in [6.45, 7) is 6.55. The number of nitrogens with zero attached hydrogens (tertiary/aromatic N) is 2. The van der Waals surface area contributed by atoms with Crippen molar-refractivity contribution in [2.45, 2.75) is 24.1 Å². The van der Waals surface area contributed by atoms with Gasteiger partial charge in [0.25, 0.3) is 10.0 Å². The Labute approximate surface area is 122 Å². The molecule has 2 rings (SSSR count). The van der Waals surface area contributed by atoms with E-state index in [0.29, 0.717) is 19.6 Å². The number of likely N-dealkylation sites (N-methyl/N-ethyl adjacent to an activating group) is 1. The summed E-state index contributed by atoms with van der Waals surface area (Å²) in [4.78, 5) is 13.1. The molecule has 2 heterocycles. The van der Waals surface area contributed by atoms with Crippen molar-refractivity contribution in [1.29, 1.82) is 0 Å². The lowest BCUT2D eigenvalue weighted by Crippen LogP contribution is -2.53. The second-order valence-corrected chi connectivity index (χ2v) is 8.01. The van der Waals surface area contributed by atoms with E-state index in [1.165, 1.54) is 16.4 Å². The molecule has 20 heavy (non-hydrogen) atoms. The largest absolute Gasteiger partial charge is 0.477 e. The minimum atomic E-state index is -3.58. The number of piperazine rings is 1. The fraction of sp³-hybridized carbons (Fsp3) is 0.583. The summed E-state index contributed by atoms with van der Waals surface area (Å²) in [7, 11) is -3.58. The van der Waals surface area contributed by atoms with Crippen LogP contribution in [-0.4, -0.2) is 60.9 Å². The molecule has 1 unspecified atom stereocenters. The summed E-state index contributed by atoms with van der Waals surface area (Å²) >= 11 is 0.807. The van der Waals surface area contributed by atoms with E-state index >= 15 is 0 Å². The van der Waals surface area contributed by atoms with E-state index in [1.807, 2.05) is 6.92 Å². The average molecular weight is 318 g/mol. The predicted octanol–water partition coefficient (Wildman–Crippen LogP) is 1.16. The summed E-state index contributed by atoms with van der Waals surface area (Å²) < 4.78 is 26.5. The first kappa shape index (κ1) is 15.4. The maximum Gasteiger partial charge on any atom is 0.345 e. The van der Waals surface area contributed by atoms with Gasteiger partial charge in [-0.25, -0.2) is 13.2 Å². The normalized spacial score (nSPS) is 22.0. The maximum atomic E-state index is 12.5. The second kappa shape index (κ2) is 5.80. The van der Waals surface area contributed by atoms with Gasteiger partial charge in [-0.3, -0.25) is 4.90 Å². The van der Waals surface area contributed by atoms with Crippen LogP contribution in [0.5, 0.6) is 0 Å². The van der Waals surface area contributed by atoms with Gasteiger partial charge in [0.1, 0.15) is 9.09 Å². The molecule has 1 aromatic heterocycles. The molecule has 112 valence electrons. The molecule has 1 saturated heterocycles. The zero-order valence-corrected chi connectivity index (χ0v) is 13.1. The first-order chi connectivity index (χ1) is 9.36. The molecule has 1 atom stereocenters. The van der Waals surface area contributed by atoms with Crippen molar-refractivity contribution in [2.24, 2.45) is 0 Å². The van der Waals surface area contributed by atoms with Crippen molar-refractivity contribution in [3.8, 4) is 0 Å². The van der Waals surface area contributed by atoms with E-state index in [-0.39, 0.29) is 15.1 Å². The highest BCUT2D eigenvalue weighted by molar-refractivity contribution is 7.91. The molecule has 0 saturated carbocycles. The standard InChI is InChI=1S/C12H18N2O4S2/c1-3-13-6-7-14(8-9(13)2)20(17,18)11-5-4-10(19-11)12(15)16/h4-5,9H,3,6-8H2,1-2H3,(H,15,16). The molecule has 1 aromatic rings. The first-order valence-corrected chi connectivity index (χ1v) is 8.69. The molecule has 0 bridgehead atoms. The molecular formula is C12H18N2O4S2. The summed E-state index contributed by atoms with van der Waals surface area (Å²) in [6.07, 6.45) is 0. The van der Waals surface area contributed by atoms with Crippen LogP contribution >= 0.6 is 11.3 Å². The van der Waals surface area contributed by atoms with Crippen LogP contribution in [0.1, 0.15) is 23.5 Å². The predicted molar refractivity (Wildman–Crippen MR) is 76.7 cm³/mol. The van der Waals surface area contributed by atoms with Crippen molar-refractivity contribution in [3.05, 3.63) is 17.0 Å². The summed E-state index contributed by atoms with van der Waals surface area (Å²) in [5, 5.41) is 8.88. The van der Waals surface area contributed by atoms with Gasteiger partial charge >= 0.3 is 5.97 Å². The average Bonchev–Trinajstić information content (AvgIpc) is 2.89. The minimum Gasteiger partial charge on any atom is -0.477 e. The van der Waals surface area contributed by atoms with E-state index < -0.39 is 16.0 Å². The van der Waals surface area contributed by atoms with E-state index in [4.69, 9.17) is 5.11 Å². The van der Waals surface area contributed by atoms with Gasteiger partial charge in [0, 0.05) is 25.7 Å². The Kier molecular flexibility index (Phi) is 4.48. The topological polar surface area (TPSA) is 77.9 Å². The summed E-state index contributed by atoms with van der Waals surface area (Å²) in [6, 6.07) is 2.88. The molecule has 1 fully saturated rings. The number of hydrogen-bond donors (Lipinski definition) is 1. The van der Waals surface area contributed by atoms with Gasteiger partial charge in [0.05, 0.1) is 0 Å². The fourth-order valence-electron chi connectivity index (χ4n) is 2.35. The van der Waals surface area contributed by atoms with Gasteiger partial charge in [0.15, 0.2) is 0 Å². The molecule has 0 radical (unpaired) electrons. The number of carbonyl (C=O) groups is 1. The molecule has 6 nitrogen and oxygen atoms in total. The SMILES string of the molecule is CCN1CCN(S(=O)(=O)c2ccc(C(=O)O)s2)CC1C. The van der Waals surface area contributed by atoms with Gasteiger partial charge in [0.2, 0.25) is 0 Å². The molecule has 1 aliphatic rings. The molecule has 8 heteroatoms. The summed E-state index contributed by atoms with van der Waals surface area (Å²) in [5.41, 5.74) is 0. The molecule has 0 aromatic carbocycles. The molecular weight excluding hydrogens is 300 g/mol. The van der Waals surface area contributed by atoms with E-state index in [9.17, 15) is 13.2 Å². The lowest BCUT2D eigenvalue weighted by Gasteiger charge is -2.38. The highest BCUT2D eigenvalue weighted by Crippen LogP contribution is 2.26. The Balaban J connectivity index is 2.20. The van der Waals surface area contributed by atoms with Crippen molar-refractivity contribution < 1.29 is 18.3 Å². The highest BCUT2D eigenvalue weighted by atomic mass is 32.2. The summed E-state index contributed by atoms with van der Waals surface area (Å²) in [5.74, 6) is -1.10. The van der Waals surface area contributed by atoms with E-state index in [1.54, 1.807) is 0 Å². The van der Waals surface area contributed by atoms with Crippen molar-refractivity contribution in [1.82, 2.24) is 9.21 Å². The molecule has 1 aliphatic heterocycles. The Morgan fingerprint density at radius 1 is 1.45 bits per heavy atom. The third-order valence-corrected chi connectivity index (χ3v) is 6.93. The quantitative estimate of drug-likeness (QED) is 0.901. The van der Waals surface area contributed by atoms with Gasteiger partial charge < -0.3 is 5.11 Å². The number of sulfonamides is 1. The van der Waals surface area contributed by atoms with E-state index in [0.717, 1.165) is 17.9 Å². The molecule has 0 amide bonds. The number of hydrogen-bond acceptors (Lipinski definition) is 5. The number of carboxylic acid groups (broad SMARTS) is 1. The van der Waals surface area contributed by atoms with Crippen molar-refractivity contribution >= 4 is 27.3 Å². The fourth-order valence-corrected chi connectivity index (χ4v) is 5.16. The minimum absolute atomic E-state index is 0.0452. The Hall–Kier alpha value is -0.960. The number of rotatable bonds is 4. The van der Waals surface area contributed by atoms with Crippen LogP contribution in [0.25, 0.3) is 0 Å².